The second-order valence-electron chi connectivity index (χ2n) is 10.6. The van der Waals surface area contributed by atoms with Crippen LogP contribution in [0.5, 0.6) is 5.88 Å². The van der Waals surface area contributed by atoms with Gasteiger partial charge < -0.3 is 15.2 Å². The van der Waals surface area contributed by atoms with E-state index in [0.717, 1.165) is 39.6 Å². The van der Waals surface area contributed by atoms with Crippen molar-refractivity contribution in [2.24, 2.45) is 0 Å². The molecule has 1 aliphatic rings. The fraction of sp³-hybridized carbons (Fsp3) is 0.235. The smallest absolute Gasteiger partial charge is 0.217 e. The van der Waals surface area contributed by atoms with Crippen molar-refractivity contribution >= 4 is 22.5 Å². The van der Waals surface area contributed by atoms with Gasteiger partial charge in [0.05, 0.1) is 18.2 Å². The highest BCUT2D eigenvalue weighted by atomic mass is 35.5. The van der Waals surface area contributed by atoms with Crippen LogP contribution in [0.25, 0.3) is 22.0 Å². The molecule has 1 fully saturated rings. The van der Waals surface area contributed by atoms with Crippen LogP contribution < -0.4 is 10.1 Å². The molecule has 3 unspecified atom stereocenters. The molecule has 0 saturated carbocycles. The molecule has 0 radical (unpaired) electrons. The molecular formula is C34H32ClN3O2. The van der Waals surface area contributed by atoms with Gasteiger partial charge in [0.25, 0.3) is 0 Å². The van der Waals surface area contributed by atoms with Crippen LogP contribution in [0.4, 0.5) is 0 Å². The Bertz CT molecular complexity index is 1610. The fourth-order valence-electron chi connectivity index (χ4n) is 6.12. The van der Waals surface area contributed by atoms with E-state index in [1.165, 1.54) is 5.56 Å². The number of nitrogens with zero attached hydrogens (tertiary/aromatic N) is 2. The zero-order chi connectivity index (χ0) is 27.5. The molecule has 2 N–H and O–H groups in total. The van der Waals surface area contributed by atoms with Gasteiger partial charge in [0.1, 0.15) is 0 Å². The number of aromatic nitrogens is 2. The fourth-order valence-corrected chi connectivity index (χ4v) is 6.32. The molecule has 40 heavy (non-hydrogen) atoms. The van der Waals surface area contributed by atoms with Crippen molar-refractivity contribution in [3.63, 3.8) is 0 Å². The molecule has 6 rings (SSSR count). The Kier molecular flexibility index (Phi) is 7.53. The predicted octanol–water partition coefficient (Wildman–Crippen LogP) is 6.82. The normalized spacial score (nSPS) is 19.8. The molecule has 3 atom stereocenters. The van der Waals surface area contributed by atoms with Crippen LogP contribution in [0, 0.1) is 0 Å². The van der Waals surface area contributed by atoms with E-state index in [2.05, 4.69) is 52.8 Å². The van der Waals surface area contributed by atoms with Crippen molar-refractivity contribution in [1.29, 1.82) is 0 Å². The Morgan fingerprint density at radius 2 is 1.88 bits per heavy atom. The molecule has 0 spiro atoms. The third-order valence-corrected chi connectivity index (χ3v) is 8.18. The first-order valence-corrected chi connectivity index (χ1v) is 14.0. The highest BCUT2D eigenvalue weighted by Crippen LogP contribution is 2.46. The number of rotatable bonds is 7. The maximum atomic E-state index is 12.5. The molecule has 1 saturated heterocycles. The Hall–Kier alpha value is -3.77. The van der Waals surface area contributed by atoms with Gasteiger partial charge in [-0.2, -0.15) is 0 Å². The van der Waals surface area contributed by atoms with E-state index >= 15 is 0 Å². The van der Waals surface area contributed by atoms with E-state index in [-0.39, 0.29) is 12.0 Å². The Labute approximate surface area is 239 Å². The maximum absolute atomic E-state index is 12.5. The third-order valence-electron chi connectivity index (χ3n) is 7.94. The van der Waals surface area contributed by atoms with Crippen LogP contribution in [0.15, 0.2) is 103 Å². The zero-order valence-electron chi connectivity index (χ0n) is 22.4. The number of piperidine rings is 1. The summed E-state index contributed by atoms with van der Waals surface area (Å²) in [5.74, 6) is 0.124. The lowest BCUT2D eigenvalue weighted by atomic mass is 9.70. The molecule has 202 valence electrons. The van der Waals surface area contributed by atoms with Crippen molar-refractivity contribution in [2.75, 3.05) is 13.7 Å². The predicted molar refractivity (Wildman–Crippen MR) is 161 cm³/mol. The third kappa shape index (κ3) is 5.46. The summed E-state index contributed by atoms with van der Waals surface area (Å²) in [5.41, 5.74) is 4.92. The van der Waals surface area contributed by atoms with E-state index in [1.807, 2.05) is 54.7 Å². The number of halogens is 1. The molecule has 3 aromatic carbocycles. The van der Waals surface area contributed by atoms with E-state index in [4.69, 9.17) is 21.3 Å². The van der Waals surface area contributed by atoms with Crippen molar-refractivity contribution in [3.05, 3.63) is 125 Å². The second-order valence-corrected chi connectivity index (χ2v) is 11.1. The number of fused-ring (bicyclic) bond motifs is 1. The summed E-state index contributed by atoms with van der Waals surface area (Å²) in [7, 11) is 1.64. The molecule has 0 bridgehead atoms. The van der Waals surface area contributed by atoms with Crippen molar-refractivity contribution in [1.82, 2.24) is 15.3 Å². The zero-order valence-corrected chi connectivity index (χ0v) is 23.2. The number of hydrogen-bond acceptors (Lipinski definition) is 5. The minimum Gasteiger partial charge on any atom is -0.481 e. The van der Waals surface area contributed by atoms with Crippen LogP contribution in [0.1, 0.15) is 35.4 Å². The summed E-state index contributed by atoms with van der Waals surface area (Å²) < 4.78 is 5.88. The first-order valence-electron chi connectivity index (χ1n) is 13.7. The van der Waals surface area contributed by atoms with Gasteiger partial charge in [0.15, 0.2) is 0 Å². The molecule has 6 heteroatoms. The van der Waals surface area contributed by atoms with E-state index in [9.17, 15) is 5.11 Å². The second kappa shape index (κ2) is 11.4. The lowest BCUT2D eigenvalue weighted by Gasteiger charge is -2.43. The van der Waals surface area contributed by atoms with Gasteiger partial charge in [0.2, 0.25) is 5.88 Å². The summed E-state index contributed by atoms with van der Waals surface area (Å²) in [6, 6.07) is 30.6. The van der Waals surface area contributed by atoms with Gasteiger partial charge in [-0.15, -0.1) is 0 Å². The van der Waals surface area contributed by atoms with Gasteiger partial charge in [-0.1, -0.05) is 66.2 Å². The topological polar surface area (TPSA) is 67.3 Å². The lowest BCUT2D eigenvalue weighted by molar-refractivity contribution is -0.0191. The van der Waals surface area contributed by atoms with Crippen LogP contribution in [0.2, 0.25) is 5.02 Å². The highest BCUT2D eigenvalue weighted by Gasteiger charge is 2.44. The quantitative estimate of drug-likeness (QED) is 0.233. The summed E-state index contributed by atoms with van der Waals surface area (Å²) in [4.78, 5) is 9.19. The van der Waals surface area contributed by atoms with Crippen LogP contribution >= 0.6 is 11.6 Å². The summed E-state index contributed by atoms with van der Waals surface area (Å²) >= 11 is 6.51. The number of aliphatic hydroxyl groups is 1. The first kappa shape index (κ1) is 26.5. The number of nitrogens with one attached hydrogen (secondary N) is 1. The molecule has 1 aliphatic heterocycles. The van der Waals surface area contributed by atoms with Gasteiger partial charge >= 0.3 is 0 Å². The lowest BCUT2D eigenvalue weighted by Crippen LogP contribution is -2.52. The molecule has 0 aliphatic carbocycles. The van der Waals surface area contributed by atoms with Gasteiger partial charge in [0, 0.05) is 45.9 Å². The Balaban J connectivity index is 1.46. The van der Waals surface area contributed by atoms with E-state index in [0.29, 0.717) is 30.3 Å². The Morgan fingerprint density at radius 3 is 2.65 bits per heavy atom. The van der Waals surface area contributed by atoms with E-state index in [1.54, 1.807) is 13.3 Å². The maximum Gasteiger partial charge on any atom is 0.217 e. The first-order chi connectivity index (χ1) is 19.5. The van der Waals surface area contributed by atoms with Crippen LogP contribution in [0.3, 0.4) is 0 Å². The van der Waals surface area contributed by atoms with Crippen molar-refractivity contribution in [2.45, 2.75) is 36.8 Å². The average molecular weight is 550 g/mol. The van der Waals surface area contributed by atoms with Crippen LogP contribution in [-0.2, 0) is 6.42 Å². The van der Waals surface area contributed by atoms with E-state index < -0.39 is 5.60 Å². The molecule has 0 amide bonds. The number of hydrogen-bond donors (Lipinski definition) is 2. The summed E-state index contributed by atoms with van der Waals surface area (Å²) in [5, 5.41) is 17.8. The van der Waals surface area contributed by atoms with Gasteiger partial charge in [-0.05, 0) is 78.9 Å². The number of ether oxygens (including phenoxy) is 1. The monoisotopic (exact) mass is 549 g/mol. The minimum atomic E-state index is -1.04. The standard InChI is InChI=1S/C34H32ClN3O2/c1-40-33-30(20-27-18-24(12-13-31(27)38-33)26-10-6-15-36-22-26)32(25-9-5-11-28(35)19-25)34(39)14-16-37-29(21-34)17-23-7-3-2-4-8-23/h2-13,15,18-20,22,29,32,37,39H,14,16-17,21H2,1H3. The summed E-state index contributed by atoms with van der Waals surface area (Å²) in [6.45, 7) is 0.708. The number of methoxy groups -OCH3 is 1. The van der Waals surface area contributed by atoms with Crippen LogP contribution in [-0.4, -0.2) is 40.4 Å². The molecular weight excluding hydrogens is 518 g/mol. The Morgan fingerprint density at radius 1 is 1.00 bits per heavy atom. The SMILES string of the molecule is COc1nc2ccc(-c3cccnc3)cc2cc1C(c1cccc(Cl)c1)C1(O)CCNC(Cc2ccccc2)C1. The van der Waals surface area contributed by atoms with Crippen molar-refractivity contribution < 1.29 is 9.84 Å². The number of benzene rings is 3. The van der Waals surface area contributed by atoms with Crippen molar-refractivity contribution in [3.8, 4) is 17.0 Å². The molecule has 5 nitrogen and oxygen atoms in total. The minimum absolute atomic E-state index is 0.124. The molecule has 3 heterocycles. The van der Waals surface area contributed by atoms with Gasteiger partial charge in [-0.25, -0.2) is 4.98 Å². The molecule has 2 aromatic heterocycles. The summed E-state index contributed by atoms with van der Waals surface area (Å²) in [6.07, 6.45) is 5.64. The van der Waals surface area contributed by atoms with Gasteiger partial charge in [-0.3, -0.25) is 4.98 Å². The average Bonchev–Trinajstić information content (AvgIpc) is 2.97. The molecule has 5 aromatic rings. The largest absolute Gasteiger partial charge is 0.481 e. The number of pyridine rings is 2. The highest BCUT2D eigenvalue weighted by molar-refractivity contribution is 6.30.